The van der Waals surface area contributed by atoms with Crippen molar-refractivity contribution in [1.29, 1.82) is 0 Å². The van der Waals surface area contributed by atoms with Crippen LogP contribution in [0.3, 0.4) is 0 Å². The van der Waals surface area contributed by atoms with Gasteiger partial charge in [-0.25, -0.2) is 0 Å². The van der Waals surface area contributed by atoms with Crippen molar-refractivity contribution in [2.75, 3.05) is 13.1 Å². The molecule has 1 atom stereocenters. The zero-order chi connectivity index (χ0) is 11.5. The van der Waals surface area contributed by atoms with Crippen LogP contribution in [0.2, 0.25) is 0 Å². The number of rotatable bonds is 10. The second kappa shape index (κ2) is 10.5. The van der Waals surface area contributed by atoms with E-state index in [1.807, 2.05) is 0 Å². The van der Waals surface area contributed by atoms with Gasteiger partial charge < -0.3 is 4.90 Å². The number of hydrogen-bond acceptors (Lipinski definition) is 1. The van der Waals surface area contributed by atoms with Crippen LogP contribution in [0.4, 0.5) is 0 Å². The average Bonchev–Trinajstić information content (AvgIpc) is 2.24. The molecule has 0 aromatic heterocycles. The van der Waals surface area contributed by atoms with E-state index in [4.69, 9.17) is 0 Å². The Hall–Kier alpha value is -0.0400. The lowest BCUT2D eigenvalue weighted by atomic mass is 10.0. The Bertz CT molecular complexity index is 117. The summed E-state index contributed by atoms with van der Waals surface area (Å²) in [5.41, 5.74) is 0. The molecule has 0 radical (unpaired) electrons. The Morgan fingerprint density at radius 3 is 1.80 bits per heavy atom. The van der Waals surface area contributed by atoms with Gasteiger partial charge in [0.15, 0.2) is 0 Å². The molecule has 0 aliphatic rings. The smallest absolute Gasteiger partial charge is 0.00926 e. The first-order valence-corrected chi connectivity index (χ1v) is 7.04. The molecular weight excluding hydrogens is 182 g/mol. The summed E-state index contributed by atoms with van der Waals surface area (Å²) in [7, 11) is 0. The minimum atomic E-state index is 0.844. The summed E-state index contributed by atoms with van der Waals surface area (Å²) >= 11 is 0. The van der Waals surface area contributed by atoms with Gasteiger partial charge in [-0.15, -0.1) is 0 Å². The van der Waals surface area contributed by atoms with E-state index in [1.165, 1.54) is 58.0 Å². The molecule has 0 amide bonds. The van der Waals surface area contributed by atoms with E-state index >= 15 is 0 Å². The fraction of sp³-hybridized carbons (Fsp3) is 1.00. The van der Waals surface area contributed by atoms with Crippen LogP contribution in [-0.2, 0) is 0 Å². The van der Waals surface area contributed by atoms with Gasteiger partial charge >= 0.3 is 0 Å². The molecule has 92 valence electrons. The Morgan fingerprint density at radius 2 is 1.40 bits per heavy atom. The topological polar surface area (TPSA) is 3.24 Å². The molecule has 0 saturated heterocycles. The van der Waals surface area contributed by atoms with Crippen molar-refractivity contribution in [3.63, 3.8) is 0 Å². The lowest BCUT2D eigenvalue weighted by Crippen LogP contribution is -2.36. The van der Waals surface area contributed by atoms with E-state index in [9.17, 15) is 0 Å². The van der Waals surface area contributed by atoms with Gasteiger partial charge in [-0.1, -0.05) is 47.0 Å². The van der Waals surface area contributed by atoms with Gasteiger partial charge in [0.2, 0.25) is 0 Å². The number of hydrogen-bond donors (Lipinski definition) is 0. The summed E-state index contributed by atoms with van der Waals surface area (Å²) in [6, 6.07) is 0.844. The van der Waals surface area contributed by atoms with Crippen molar-refractivity contribution < 1.29 is 0 Å². The zero-order valence-corrected chi connectivity index (χ0v) is 11.4. The molecule has 0 rings (SSSR count). The predicted octanol–water partition coefficient (Wildman–Crippen LogP) is 4.47. The van der Waals surface area contributed by atoms with Crippen molar-refractivity contribution in [2.24, 2.45) is 0 Å². The van der Waals surface area contributed by atoms with Crippen LogP contribution in [0.5, 0.6) is 0 Å². The van der Waals surface area contributed by atoms with Crippen LogP contribution in [0, 0.1) is 0 Å². The summed E-state index contributed by atoms with van der Waals surface area (Å²) in [6.45, 7) is 11.8. The normalized spacial score (nSPS) is 13.4. The van der Waals surface area contributed by atoms with Crippen LogP contribution in [-0.4, -0.2) is 24.0 Å². The standard InChI is InChI=1S/C14H31N/c1-5-9-10-11-14(8-4)15(12-6-2)13-7-3/h14H,5-13H2,1-4H3. The predicted molar refractivity (Wildman–Crippen MR) is 70.4 cm³/mol. The SMILES string of the molecule is CCCCCC(CC)N(CCC)CCC. The fourth-order valence-electron chi connectivity index (χ4n) is 2.33. The van der Waals surface area contributed by atoms with Crippen LogP contribution >= 0.6 is 0 Å². The van der Waals surface area contributed by atoms with Gasteiger partial charge in [0.1, 0.15) is 0 Å². The highest BCUT2D eigenvalue weighted by atomic mass is 15.1. The molecule has 0 aliphatic carbocycles. The average molecular weight is 213 g/mol. The molecular formula is C14H31N. The van der Waals surface area contributed by atoms with Gasteiger partial charge in [0.25, 0.3) is 0 Å². The molecule has 1 nitrogen and oxygen atoms in total. The van der Waals surface area contributed by atoms with Gasteiger partial charge in [-0.2, -0.15) is 0 Å². The van der Waals surface area contributed by atoms with Crippen molar-refractivity contribution in [2.45, 2.75) is 78.7 Å². The second-order valence-corrected chi connectivity index (χ2v) is 4.59. The van der Waals surface area contributed by atoms with Crippen LogP contribution < -0.4 is 0 Å². The largest absolute Gasteiger partial charge is 0.300 e. The quantitative estimate of drug-likeness (QED) is 0.484. The van der Waals surface area contributed by atoms with E-state index < -0.39 is 0 Å². The van der Waals surface area contributed by atoms with Gasteiger partial charge in [-0.3, -0.25) is 0 Å². The van der Waals surface area contributed by atoms with Crippen LogP contribution in [0.1, 0.15) is 72.6 Å². The summed E-state index contributed by atoms with van der Waals surface area (Å²) in [4.78, 5) is 2.70. The third-order valence-corrected chi connectivity index (χ3v) is 3.15. The highest BCUT2D eigenvalue weighted by Crippen LogP contribution is 2.14. The van der Waals surface area contributed by atoms with Crippen molar-refractivity contribution in [1.82, 2.24) is 4.90 Å². The monoisotopic (exact) mass is 213 g/mol. The fourth-order valence-corrected chi connectivity index (χ4v) is 2.33. The number of nitrogens with zero attached hydrogens (tertiary/aromatic N) is 1. The Labute approximate surface area is 97.2 Å². The van der Waals surface area contributed by atoms with Crippen molar-refractivity contribution >= 4 is 0 Å². The molecule has 1 heteroatoms. The first kappa shape index (κ1) is 15.0. The lowest BCUT2D eigenvalue weighted by molar-refractivity contribution is 0.178. The molecule has 0 heterocycles. The van der Waals surface area contributed by atoms with E-state index in [0.29, 0.717) is 0 Å². The summed E-state index contributed by atoms with van der Waals surface area (Å²) in [5.74, 6) is 0. The number of unbranched alkanes of at least 4 members (excludes halogenated alkanes) is 2. The first-order chi connectivity index (χ1) is 7.29. The summed E-state index contributed by atoms with van der Waals surface area (Å²) < 4.78 is 0. The zero-order valence-electron chi connectivity index (χ0n) is 11.4. The van der Waals surface area contributed by atoms with Crippen LogP contribution in [0.15, 0.2) is 0 Å². The van der Waals surface area contributed by atoms with Crippen LogP contribution in [0.25, 0.3) is 0 Å². The molecule has 0 aromatic rings. The van der Waals surface area contributed by atoms with Gasteiger partial charge in [-0.05, 0) is 38.8 Å². The molecule has 0 N–H and O–H groups in total. The molecule has 0 bridgehead atoms. The third-order valence-electron chi connectivity index (χ3n) is 3.15. The van der Waals surface area contributed by atoms with E-state index in [-0.39, 0.29) is 0 Å². The van der Waals surface area contributed by atoms with Gasteiger partial charge in [0.05, 0.1) is 0 Å². The maximum absolute atomic E-state index is 2.70. The van der Waals surface area contributed by atoms with Gasteiger partial charge in [0, 0.05) is 6.04 Å². The Kier molecular flexibility index (Phi) is 10.4. The van der Waals surface area contributed by atoms with E-state index in [0.717, 1.165) is 6.04 Å². The first-order valence-electron chi connectivity index (χ1n) is 7.04. The lowest BCUT2D eigenvalue weighted by Gasteiger charge is -2.30. The Morgan fingerprint density at radius 1 is 0.800 bits per heavy atom. The third kappa shape index (κ3) is 6.94. The van der Waals surface area contributed by atoms with Crippen molar-refractivity contribution in [3.05, 3.63) is 0 Å². The minimum absolute atomic E-state index is 0.844. The maximum atomic E-state index is 2.70. The molecule has 0 fully saturated rings. The molecule has 0 spiro atoms. The molecule has 0 saturated carbocycles. The summed E-state index contributed by atoms with van der Waals surface area (Å²) in [5, 5.41) is 0. The maximum Gasteiger partial charge on any atom is 0.00926 e. The molecule has 0 aliphatic heterocycles. The second-order valence-electron chi connectivity index (χ2n) is 4.59. The molecule has 15 heavy (non-hydrogen) atoms. The Balaban J connectivity index is 3.93. The summed E-state index contributed by atoms with van der Waals surface area (Å²) in [6.07, 6.45) is 9.49. The van der Waals surface area contributed by atoms with E-state index in [2.05, 4.69) is 32.6 Å². The highest BCUT2D eigenvalue weighted by Gasteiger charge is 2.14. The van der Waals surface area contributed by atoms with Crippen molar-refractivity contribution in [3.8, 4) is 0 Å². The van der Waals surface area contributed by atoms with E-state index in [1.54, 1.807) is 0 Å². The highest BCUT2D eigenvalue weighted by molar-refractivity contribution is 4.69. The molecule has 0 aromatic carbocycles. The molecule has 1 unspecified atom stereocenters. The minimum Gasteiger partial charge on any atom is -0.300 e.